The van der Waals surface area contributed by atoms with Crippen molar-refractivity contribution in [2.75, 3.05) is 18.6 Å². The standard InChI is InChI=1S/C7H13N3O3S/c1-13-6(11)2-4-14-5-3-9-10-7(8)12/h3H,2,4-5H2,1H3,(H3,8,10,12). The number of methoxy groups -OCH3 is 1. The maximum atomic E-state index is 10.6. The van der Waals surface area contributed by atoms with Gasteiger partial charge < -0.3 is 10.5 Å². The monoisotopic (exact) mass is 219 g/mol. The second-order valence-corrected chi connectivity index (χ2v) is 3.34. The summed E-state index contributed by atoms with van der Waals surface area (Å²) in [5.41, 5.74) is 6.82. The predicted molar refractivity (Wildman–Crippen MR) is 55.2 cm³/mol. The first-order valence-electron chi connectivity index (χ1n) is 3.88. The molecule has 0 unspecified atom stereocenters. The minimum atomic E-state index is -0.694. The van der Waals surface area contributed by atoms with E-state index < -0.39 is 6.03 Å². The minimum absolute atomic E-state index is 0.232. The topological polar surface area (TPSA) is 93.8 Å². The van der Waals surface area contributed by atoms with Crippen molar-refractivity contribution in [3.05, 3.63) is 0 Å². The summed E-state index contributed by atoms with van der Waals surface area (Å²) in [6.45, 7) is 0. The Hall–Kier alpha value is -1.24. The summed E-state index contributed by atoms with van der Waals surface area (Å²) < 4.78 is 4.45. The molecule has 0 aliphatic heterocycles. The molecular weight excluding hydrogens is 206 g/mol. The molecule has 6 nitrogen and oxygen atoms in total. The highest BCUT2D eigenvalue weighted by atomic mass is 32.2. The lowest BCUT2D eigenvalue weighted by Gasteiger charge is -1.96. The molecule has 0 radical (unpaired) electrons. The van der Waals surface area contributed by atoms with E-state index >= 15 is 0 Å². The van der Waals surface area contributed by atoms with E-state index in [1.54, 1.807) is 0 Å². The lowest BCUT2D eigenvalue weighted by Crippen LogP contribution is -2.24. The van der Waals surface area contributed by atoms with Gasteiger partial charge >= 0.3 is 12.0 Å². The van der Waals surface area contributed by atoms with Crippen LogP contribution in [0.25, 0.3) is 0 Å². The molecule has 0 aliphatic rings. The number of nitrogens with one attached hydrogen (secondary N) is 1. The maximum Gasteiger partial charge on any atom is 0.332 e. The third-order valence-corrected chi connectivity index (χ3v) is 2.01. The molecule has 0 rings (SSSR count). The summed E-state index contributed by atoms with van der Waals surface area (Å²) in [5, 5.41) is 3.52. The van der Waals surface area contributed by atoms with Crippen molar-refractivity contribution in [3.8, 4) is 0 Å². The molecule has 0 atom stereocenters. The number of ether oxygens (including phenoxy) is 1. The van der Waals surface area contributed by atoms with Crippen LogP contribution in [0.2, 0.25) is 0 Å². The van der Waals surface area contributed by atoms with Crippen LogP contribution in [0.5, 0.6) is 0 Å². The van der Waals surface area contributed by atoms with Gasteiger partial charge in [-0.15, -0.1) is 0 Å². The first kappa shape index (κ1) is 12.8. The molecule has 0 spiro atoms. The lowest BCUT2D eigenvalue weighted by molar-refractivity contribution is -0.140. The van der Waals surface area contributed by atoms with Crippen LogP contribution in [0, 0.1) is 0 Å². The van der Waals surface area contributed by atoms with Gasteiger partial charge in [0, 0.05) is 17.7 Å². The first-order chi connectivity index (χ1) is 6.66. The van der Waals surface area contributed by atoms with Crippen molar-refractivity contribution in [1.29, 1.82) is 0 Å². The van der Waals surface area contributed by atoms with Crippen LogP contribution in [-0.2, 0) is 9.53 Å². The lowest BCUT2D eigenvalue weighted by atomic mass is 10.5. The number of esters is 1. The van der Waals surface area contributed by atoms with Crippen LogP contribution in [0.4, 0.5) is 4.79 Å². The summed E-state index contributed by atoms with van der Waals surface area (Å²) in [5.74, 6) is 1.04. The molecule has 2 amide bonds. The average molecular weight is 219 g/mol. The second kappa shape index (κ2) is 8.36. The Morgan fingerprint density at radius 2 is 2.36 bits per heavy atom. The van der Waals surface area contributed by atoms with Crippen LogP contribution < -0.4 is 11.2 Å². The maximum absolute atomic E-state index is 10.6. The molecule has 0 aromatic rings. The number of nitrogens with zero attached hydrogens (tertiary/aromatic N) is 1. The highest BCUT2D eigenvalue weighted by molar-refractivity contribution is 7.99. The fourth-order valence-corrected chi connectivity index (χ4v) is 1.20. The Bertz CT molecular complexity index is 220. The predicted octanol–water partition coefficient (Wildman–Crippen LogP) is -0.0632. The van der Waals surface area contributed by atoms with Gasteiger partial charge in [-0.3, -0.25) is 4.79 Å². The van der Waals surface area contributed by atoms with Gasteiger partial charge in [-0.05, 0) is 0 Å². The molecule has 7 heteroatoms. The van der Waals surface area contributed by atoms with Crippen molar-refractivity contribution in [2.45, 2.75) is 6.42 Å². The van der Waals surface area contributed by atoms with E-state index in [0.717, 1.165) is 0 Å². The smallest absolute Gasteiger partial charge is 0.332 e. The van der Waals surface area contributed by atoms with E-state index in [0.29, 0.717) is 17.9 Å². The van der Waals surface area contributed by atoms with Gasteiger partial charge in [-0.25, -0.2) is 10.2 Å². The van der Waals surface area contributed by atoms with Gasteiger partial charge in [0.05, 0.1) is 13.5 Å². The van der Waals surface area contributed by atoms with E-state index in [2.05, 4.69) is 15.3 Å². The van der Waals surface area contributed by atoms with Crippen molar-refractivity contribution in [1.82, 2.24) is 5.43 Å². The average Bonchev–Trinajstić information content (AvgIpc) is 2.15. The summed E-state index contributed by atoms with van der Waals surface area (Å²) in [6, 6.07) is -0.694. The van der Waals surface area contributed by atoms with Gasteiger partial charge in [0.25, 0.3) is 0 Å². The molecule has 14 heavy (non-hydrogen) atoms. The first-order valence-corrected chi connectivity index (χ1v) is 5.03. The zero-order valence-corrected chi connectivity index (χ0v) is 8.67. The highest BCUT2D eigenvalue weighted by Gasteiger charge is 1.97. The molecule has 0 heterocycles. The molecule has 3 N–H and O–H groups in total. The molecule has 0 aromatic carbocycles. The van der Waals surface area contributed by atoms with Crippen LogP contribution in [0.15, 0.2) is 5.10 Å². The molecule has 0 aliphatic carbocycles. The molecule has 0 saturated carbocycles. The zero-order valence-electron chi connectivity index (χ0n) is 7.86. The Balaban J connectivity index is 3.25. The number of hydrogen-bond donors (Lipinski definition) is 2. The van der Waals surface area contributed by atoms with E-state index in [1.807, 2.05) is 0 Å². The number of hydrogen-bond acceptors (Lipinski definition) is 5. The van der Waals surface area contributed by atoms with Crippen molar-refractivity contribution < 1.29 is 14.3 Å². The van der Waals surface area contributed by atoms with E-state index in [1.165, 1.54) is 25.1 Å². The fourth-order valence-electron chi connectivity index (χ4n) is 0.540. The Morgan fingerprint density at radius 1 is 1.64 bits per heavy atom. The molecular formula is C7H13N3O3S. The van der Waals surface area contributed by atoms with Gasteiger partial charge in [-0.2, -0.15) is 16.9 Å². The van der Waals surface area contributed by atoms with E-state index in [9.17, 15) is 9.59 Å². The minimum Gasteiger partial charge on any atom is -0.469 e. The number of thioether (sulfide) groups is 1. The third kappa shape index (κ3) is 8.85. The summed E-state index contributed by atoms with van der Waals surface area (Å²) in [7, 11) is 1.35. The molecule has 0 aromatic heterocycles. The normalized spacial score (nSPS) is 10.1. The van der Waals surface area contributed by atoms with Crippen molar-refractivity contribution in [2.24, 2.45) is 10.8 Å². The molecule has 80 valence electrons. The zero-order chi connectivity index (χ0) is 10.8. The van der Waals surface area contributed by atoms with Gasteiger partial charge in [0.1, 0.15) is 0 Å². The van der Waals surface area contributed by atoms with Crippen LogP contribution in [-0.4, -0.2) is 36.8 Å². The summed E-state index contributed by atoms with van der Waals surface area (Å²) in [6.07, 6.45) is 1.88. The second-order valence-electron chi connectivity index (χ2n) is 2.19. The summed E-state index contributed by atoms with van der Waals surface area (Å²) in [4.78, 5) is 20.8. The number of carbonyl (C=O) groups is 2. The molecule has 0 fully saturated rings. The quantitative estimate of drug-likeness (QED) is 0.283. The third-order valence-electron chi connectivity index (χ3n) is 1.14. The van der Waals surface area contributed by atoms with Crippen molar-refractivity contribution >= 4 is 30.0 Å². The Morgan fingerprint density at radius 3 is 2.93 bits per heavy atom. The Kier molecular flexibility index (Phi) is 7.62. The van der Waals surface area contributed by atoms with E-state index in [4.69, 9.17) is 5.73 Å². The van der Waals surface area contributed by atoms with Crippen LogP contribution in [0.1, 0.15) is 6.42 Å². The van der Waals surface area contributed by atoms with Crippen LogP contribution >= 0.6 is 11.8 Å². The highest BCUT2D eigenvalue weighted by Crippen LogP contribution is 2.00. The molecule has 0 bridgehead atoms. The number of nitrogens with two attached hydrogens (primary N) is 1. The van der Waals surface area contributed by atoms with Gasteiger partial charge in [0.2, 0.25) is 0 Å². The fraction of sp³-hybridized carbons (Fsp3) is 0.571. The number of carbonyl (C=O) groups excluding carboxylic acids is 2. The van der Waals surface area contributed by atoms with Crippen LogP contribution in [0.3, 0.4) is 0 Å². The van der Waals surface area contributed by atoms with E-state index in [-0.39, 0.29) is 5.97 Å². The van der Waals surface area contributed by atoms with Gasteiger partial charge in [0.15, 0.2) is 0 Å². The number of primary amides is 1. The number of amides is 2. The van der Waals surface area contributed by atoms with Crippen molar-refractivity contribution in [3.63, 3.8) is 0 Å². The number of rotatable bonds is 6. The number of hydrazone groups is 1. The molecule has 0 saturated heterocycles. The Labute approximate surface area is 86.2 Å². The van der Waals surface area contributed by atoms with Gasteiger partial charge in [-0.1, -0.05) is 0 Å². The largest absolute Gasteiger partial charge is 0.469 e. The number of urea groups is 1. The SMILES string of the molecule is COC(=O)CCSCC=NNC(N)=O. The summed E-state index contributed by atoms with van der Waals surface area (Å²) >= 11 is 1.51.